The zero-order valence-corrected chi connectivity index (χ0v) is 31.5. The Balaban J connectivity index is 1.36. The molecule has 0 atom stereocenters. The van der Waals surface area contributed by atoms with E-state index in [1.165, 1.54) is 60.5 Å². The summed E-state index contributed by atoms with van der Waals surface area (Å²) in [6.07, 6.45) is 0. The SMILES string of the molecule is c1ccc(-c2cc(-c3ccccc3)cc(N(c3ccccc3-c3ccccc3)c3cccc4c(-c5ccccc5)c(-c5ccccc5)c5ccccc5c34)c2)cc1. The fourth-order valence-electron chi connectivity index (χ4n) is 8.49. The average Bonchev–Trinajstić information content (AvgIpc) is 3.30. The first kappa shape index (κ1) is 34.0. The molecule has 0 aliphatic rings. The van der Waals surface area contributed by atoms with Crippen LogP contribution in [-0.2, 0) is 0 Å². The van der Waals surface area contributed by atoms with Crippen molar-refractivity contribution in [3.63, 3.8) is 0 Å². The van der Waals surface area contributed by atoms with Gasteiger partial charge in [-0.15, -0.1) is 0 Å². The van der Waals surface area contributed by atoms with E-state index in [9.17, 15) is 0 Å². The van der Waals surface area contributed by atoms with Gasteiger partial charge in [-0.3, -0.25) is 0 Å². The summed E-state index contributed by atoms with van der Waals surface area (Å²) in [5.41, 5.74) is 15.2. The summed E-state index contributed by atoms with van der Waals surface area (Å²) >= 11 is 0. The van der Waals surface area contributed by atoms with Crippen molar-refractivity contribution in [2.45, 2.75) is 0 Å². The Bertz CT molecular complexity index is 2920. The van der Waals surface area contributed by atoms with Crippen molar-refractivity contribution in [1.29, 1.82) is 0 Å². The molecule has 10 aromatic rings. The molecule has 0 heterocycles. The number of nitrogens with zero attached hydrogens (tertiary/aromatic N) is 1. The van der Waals surface area contributed by atoms with E-state index in [0.717, 1.165) is 33.8 Å². The Morgan fingerprint density at radius 3 is 1.21 bits per heavy atom. The maximum Gasteiger partial charge on any atom is 0.0546 e. The highest BCUT2D eigenvalue weighted by Gasteiger charge is 2.25. The largest absolute Gasteiger partial charge is 0.309 e. The van der Waals surface area contributed by atoms with Crippen molar-refractivity contribution >= 4 is 38.6 Å². The second-order valence-electron chi connectivity index (χ2n) is 14.4. The molecule has 268 valence electrons. The molecule has 57 heavy (non-hydrogen) atoms. The van der Waals surface area contributed by atoms with Gasteiger partial charge >= 0.3 is 0 Å². The molecule has 0 fully saturated rings. The predicted molar refractivity (Wildman–Crippen MR) is 243 cm³/mol. The third-order valence-corrected chi connectivity index (χ3v) is 11.0. The lowest BCUT2D eigenvalue weighted by molar-refractivity contribution is 1.30. The lowest BCUT2D eigenvalue weighted by Gasteiger charge is -2.31. The van der Waals surface area contributed by atoms with Crippen LogP contribution in [0.4, 0.5) is 17.1 Å². The van der Waals surface area contributed by atoms with Gasteiger partial charge in [-0.1, -0.05) is 206 Å². The number of fused-ring (bicyclic) bond motifs is 3. The number of para-hydroxylation sites is 1. The van der Waals surface area contributed by atoms with Gasteiger partial charge < -0.3 is 4.90 Å². The van der Waals surface area contributed by atoms with Crippen LogP contribution in [0.2, 0.25) is 0 Å². The van der Waals surface area contributed by atoms with Gasteiger partial charge in [0, 0.05) is 16.6 Å². The van der Waals surface area contributed by atoms with Crippen LogP contribution in [0.15, 0.2) is 237 Å². The molecule has 0 unspecified atom stereocenters. The van der Waals surface area contributed by atoms with E-state index >= 15 is 0 Å². The predicted octanol–water partition coefficient (Wildman–Crippen LogP) is 15.8. The van der Waals surface area contributed by atoms with Gasteiger partial charge in [0.2, 0.25) is 0 Å². The number of benzene rings is 10. The molecule has 0 N–H and O–H groups in total. The molecule has 1 heteroatoms. The van der Waals surface area contributed by atoms with E-state index in [0.29, 0.717) is 0 Å². The Kier molecular flexibility index (Phi) is 8.95. The quantitative estimate of drug-likeness (QED) is 0.141. The summed E-state index contributed by atoms with van der Waals surface area (Å²) in [5, 5.41) is 4.86. The van der Waals surface area contributed by atoms with Gasteiger partial charge in [-0.25, -0.2) is 0 Å². The van der Waals surface area contributed by atoms with Gasteiger partial charge in [-0.2, -0.15) is 0 Å². The third-order valence-electron chi connectivity index (χ3n) is 11.0. The molecule has 0 aliphatic carbocycles. The third kappa shape index (κ3) is 6.36. The maximum atomic E-state index is 2.51. The van der Waals surface area contributed by atoms with Crippen molar-refractivity contribution in [2.24, 2.45) is 0 Å². The van der Waals surface area contributed by atoms with Crippen molar-refractivity contribution in [3.05, 3.63) is 237 Å². The van der Waals surface area contributed by atoms with Gasteiger partial charge in [0.05, 0.1) is 11.4 Å². The first-order valence-electron chi connectivity index (χ1n) is 19.6. The highest BCUT2D eigenvalue weighted by Crippen LogP contribution is 2.51. The zero-order chi connectivity index (χ0) is 38.0. The lowest BCUT2D eigenvalue weighted by atomic mass is 9.84. The van der Waals surface area contributed by atoms with E-state index in [1.54, 1.807) is 0 Å². The van der Waals surface area contributed by atoms with Crippen molar-refractivity contribution in [2.75, 3.05) is 4.90 Å². The summed E-state index contributed by atoms with van der Waals surface area (Å²) in [4.78, 5) is 2.51. The van der Waals surface area contributed by atoms with Crippen LogP contribution in [0.5, 0.6) is 0 Å². The second kappa shape index (κ2) is 15.0. The molecule has 0 saturated heterocycles. The smallest absolute Gasteiger partial charge is 0.0546 e. The molecular weight excluding hydrogens is 687 g/mol. The topological polar surface area (TPSA) is 3.24 Å². The van der Waals surface area contributed by atoms with Crippen LogP contribution < -0.4 is 4.90 Å². The van der Waals surface area contributed by atoms with Crippen LogP contribution in [0.25, 0.3) is 77.2 Å². The molecule has 0 saturated carbocycles. The maximum absolute atomic E-state index is 2.51. The minimum atomic E-state index is 1.09. The van der Waals surface area contributed by atoms with E-state index in [2.05, 4.69) is 241 Å². The highest BCUT2D eigenvalue weighted by atomic mass is 15.1. The second-order valence-corrected chi connectivity index (χ2v) is 14.4. The van der Waals surface area contributed by atoms with Crippen LogP contribution >= 0.6 is 0 Å². The molecule has 1 nitrogen and oxygen atoms in total. The summed E-state index contributed by atoms with van der Waals surface area (Å²) in [5.74, 6) is 0. The van der Waals surface area contributed by atoms with Gasteiger partial charge in [0.15, 0.2) is 0 Å². The van der Waals surface area contributed by atoms with E-state index in [-0.39, 0.29) is 0 Å². The van der Waals surface area contributed by atoms with E-state index in [1.807, 2.05) is 0 Å². The molecule has 0 spiro atoms. The van der Waals surface area contributed by atoms with E-state index < -0.39 is 0 Å². The molecule has 0 bridgehead atoms. The molecular formula is C56H39N. The van der Waals surface area contributed by atoms with Crippen LogP contribution in [0, 0.1) is 0 Å². The summed E-state index contributed by atoms with van der Waals surface area (Å²) in [6, 6.07) is 85.8. The minimum absolute atomic E-state index is 1.09. The number of hydrogen-bond donors (Lipinski definition) is 0. The first-order valence-corrected chi connectivity index (χ1v) is 19.6. The molecule has 0 aliphatic heterocycles. The van der Waals surface area contributed by atoms with Crippen molar-refractivity contribution in [1.82, 2.24) is 0 Å². The molecule has 10 aromatic carbocycles. The highest BCUT2D eigenvalue weighted by molar-refractivity contribution is 6.25. The van der Waals surface area contributed by atoms with Crippen molar-refractivity contribution < 1.29 is 0 Å². The summed E-state index contributed by atoms with van der Waals surface area (Å²) in [6.45, 7) is 0. The Hall–Kier alpha value is -7.48. The zero-order valence-electron chi connectivity index (χ0n) is 31.5. The van der Waals surface area contributed by atoms with Crippen LogP contribution in [0.3, 0.4) is 0 Å². The standard InChI is InChI=1S/C56H39N/c1-6-21-40(22-7-1)45-37-46(41-23-8-2-9-24-41)39-47(38-45)57(52-35-19-18-31-48(52)42-25-10-3-11-26-42)53-36-20-34-51-55(44-29-14-5-15-30-44)54(43-27-12-4-13-28-43)49-32-16-17-33-50(49)56(51)53/h1-39H. The van der Waals surface area contributed by atoms with Gasteiger partial charge in [0.1, 0.15) is 0 Å². The normalized spacial score (nSPS) is 11.2. The average molecular weight is 726 g/mol. The molecule has 0 radical (unpaired) electrons. The molecule has 0 aromatic heterocycles. The van der Waals surface area contributed by atoms with Crippen molar-refractivity contribution in [3.8, 4) is 55.6 Å². The number of rotatable bonds is 8. The monoisotopic (exact) mass is 725 g/mol. The minimum Gasteiger partial charge on any atom is -0.309 e. The van der Waals surface area contributed by atoms with Crippen LogP contribution in [0.1, 0.15) is 0 Å². The molecule has 10 rings (SSSR count). The van der Waals surface area contributed by atoms with Gasteiger partial charge in [-0.05, 0) is 96.6 Å². The Morgan fingerprint density at radius 2 is 0.649 bits per heavy atom. The van der Waals surface area contributed by atoms with E-state index in [4.69, 9.17) is 0 Å². The summed E-state index contributed by atoms with van der Waals surface area (Å²) < 4.78 is 0. The summed E-state index contributed by atoms with van der Waals surface area (Å²) in [7, 11) is 0. The Morgan fingerprint density at radius 1 is 0.246 bits per heavy atom. The number of hydrogen-bond acceptors (Lipinski definition) is 1. The number of anilines is 3. The van der Waals surface area contributed by atoms with Crippen LogP contribution in [-0.4, -0.2) is 0 Å². The molecule has 0 amide bonds. The fraction of sp³-hybridized carbons (Fsp3) is 0. The fourth-order valence-corrected chi connectivity index (χ4v) is 8.49. The van der Waals surface area contributed by atoms with Gasteiger partial charge in [0.25, 0.3) is 0 Å². The lowest BCUT2D eigenvalue weighted by Crippen LogP contribution is -2.12. The Labute approximate surface area is 334 Å². The first-order chi connectivity index (χ1) is 28.3.